The van der Waals surface area contributed by atoms with Gasteiger partial charge in [0.15, 0.2) is 6.61 Å². The van der Waals surface area contributed by atoms with Crippen LogP contribution in [0.2, 0.25) is 0 Å². The van der Waals surface area contributed by atoms with Crippen molar-refractivity contribution in [1.29, 1.82) is 0 Å². The molecule has 2 rings (SSSR count). The van der Waals surface area contributed by atoms with Gasteiger partial charge in [-0.15, -0.1) is 11.3 Å². The van der Waals surface area contributed by atoms with Gasteiger partial charge in [-0.1, -0.05) is 39.8 Å². The predicted molar refractivity (Wildman–Crippen MR) is 106 cm³/mol. The van der Waals surface area contributed by atoms with E-state index in [2.05, 4.69) is 26.1 Å². The zero-order chi connectivity index (χ0) is 19.5. The predicted octanol–water partition coefficient (Wildman–Crippen LogP) is 4.03. The normalized spacial score (nSPS) is 11.3. The molecular formula is C20H26N2O3S. The van der Waals surface area contributed by atoms with Crippen molar-refractivity contribution in [3.8, 4) is 5.75 Å². The Kier molecular flexibility index (Phi) is 6.08. The van der Waals surface area contributed by atoms with Crippen LogP contribution in [0.15, 0.2) is 24.3 Å². The van der Waals surface area contributed by atoms with Gasteiger partial charge in [-0.2, -0.15) is 0 Å². The highest BCUT2D eigenvalue weighted by atomic mass is 32.1. The van der Waals surface area contributed by atoms with Crippen molar-refractivity contribution in [3.63, 3.8) is 0 Å². The van der Waals surface area contributed by atoms with E-state index in [1.807, 2.05) is 38.1 Å². The van der Waals surface area contributed by atoms with Crippen LogP contribution >= 0.6 is 11.3 Å². The minimum absolute atomic E-state index is 0.0646. The first-order chi connectivity index (χ1) is 12.1. The number of nitrogens with two attached hydrogens (primary N) is 1. The second-order valence-electron chi connectivity index (χ2n) is 7.17. The summed E-state index contributed by atoms with van der Waals surface area (Å²) in [6, 6.07) is 7.70. The molecule has 0 saturated carbocycles. The highest BCUT2D eigenvalue weighted by Gasteiger charge is 2.20. The van der Waals surface area contributed by atoms with Crippen LogP contribution in [-0.2, 0) is 16.6 Å². The Labute approximate surface area is 158 Å². The molecule has 0 unspecified atom stereocenters. The van der Waals surface area contributed by atoms with Gasteiger partial charge >= 0.3 is 0 Å². The molecule has 0 aliphatic heterocycles. The number of nitrogens with one attached hydrogen (secondary N) is 1. The minimum atomic E-state index is -0.528. The van der Waals surface area contributed by atoms with Gasteiger partial charge in [0, 0.05) is 4.88 Å². The maximum absolute atomic E-state index is 12.2. The van der Waals surface area contributed by atoms with Crippen molar-refractivity contribution < 1.29 is 14.3 Å². The molecule has 0 atom stereocenters. The first-order valence-electron chi connectivity index (χ1n) is 8.58. The molecular weight excluding hydrogens is 348 g/mol. The molecule has 0 aliphatic carbocycles. The Balaban J connectivity index is 2.03. The van der Waals surface area contributed by atoms with Crippen molar-refractivity contribution >= 4 is 28.2 Å². The Hall–Kier alpha value is -2.34. The van der Waals surface area contributed by atoms with Crippen molar-refractivity contribution in [3.05, 3.63) is 45.8 Å². The third kappa shape index (κ3) is 4.64. The molecule has 1 aromatic carbocycles. The second kappa shape index (κ2) is 7.91. The van der Waals surface area contributed by atoms with Gasteiger partial charge < -0.3 is 15.8 Å². The number of carbonyl (C=O) groups is 2. The number of hydrogen-bond acceptors (Lipinski definition) is 4. The van der Waals surface area contributed by atoms with Crippen LogP contribution in [0.5, 0.6) is 5.75 Å². The lowest BCUT2D eigenvalue weighted by molar-refractivity contribution is -0.118. The van der Waals surface area contributed by atoms with E-state index in [9.17, 15) is 9.59 Å². The van der Waals surface area contributed by atoms with Crippen LogP contribution < -0.4 is 15.8 Å². The van der Waals surface area contributed by atoms with Gasteiger partial charge in [-0.3, -0.25) is 9.59 Å². The summed E-state index contributed by atoms with van der Waals surface area (Å²) in [5.74, 6) is -0.226. The minimum Gasteiger partial charge on any atom is -0.484 e. The summed E-state index contributed by atoms with van der Waals surface area (Å²) in [6.07, 6.45) is 0.688. The fourth-order valence-corrected chi connectivity index (χ4v) is 3.88. The van der Waals surface area contributed by atoms with E-state index in [0.29, 0.717) is 22.7 Å². The topological polar surface area (TPSA) is 81.4 Å². The van der Waals surface area contributed by atoms with Gasteiger partial charge in [0.2, 0.25) is 0 Å². The van der Waals surface area contributed by atoms with Crippen molar-refractivity contribution in [2.24, 2.45) is 5.73 Å². The highest BCUT2D eigenvalue weighted by Crippen LogP contribution is 2.33. The first kappa shape index (κ1) is 20.0. The van der Waals surface area contributed by atoms with E-state index in [1.54, 1.807) is 0 Å². The molecule has 2 aromatic rings. The maximum Gasteiger partial charge on any atom is 0.262 e. The summed E-state index contributed by atoms with van der Waals surface area (Å²) in [5.41, 5.74) is 8.03. The quantitative estimate of drug-likeness (QED) is 0.801. The van der Waals surface area contributed by atoms with Crippen LogP contribution in [0.1, 0.15) is 54.1 Å². The van der Waals surface area contributed by atoms with Crippen molar-refractivity contribution in [2.45, 2.75) is 46.5 Å². The summed E-state index contributed by atoms with van der Waals surface area (Å²) >= 11 is 1.36. The number of ether oxygens (including phenoxy) is 1. The van der Waals surface area contributed by atoms with Gasteiger partial charge in [-0.05, 0) is 42.0 Å². The average Bonchev–Trinajstić information content (AvgIpc) is 2.87. The Bertz CT molecular complexity index is 802. The Morgan fingerprint density at radius 3 is 2.31 bits per heavy atom. The molecule has 1 heterocycles. The molecule has 0 bridgehead atoms. The molecule has 0 radical (unpaired) electrons. The fraction of sp³-hybridized carbons (Fsp3) is 0.400. The van der Waals surface area contributed by atoms with Crippen LogP contribution in [-0.4, -0.2) is 18.4 Å². The van der Waals surface area contributed by atoms with E-state index >= 15 is 0 Å². The second-order valence-corrected chi connectivity index (χ2v) is 8.39. The van der Waals surface area contributed by atoms with E-state index in [1.165, 1.54) is 16.9 Å². The number of thiophene rings is 1. The summed E-state index contributed by atoms with van der Waals surface area (Å²) in [5, 5.41) is 3.24. The van der Waals surface area contributed by atoms with Gasteiger partial charge in [0.05, 0.1) is 5.56 Å². The number of carbonyl (C=O) groups excluding carboxylic acids is 2. The molecule has 26 heavy (non-hydrogen) atoms. The van der Waals surface area contributed by atoms with Crippen molar-refractivity contribution in [2.75, 3.05) is 11.9 Å². The number of hydrogen-bond donors (Lipinski definition) is 2. The van der Waals surface area contributed by atoms with Crippen LogP contribution in [0, 0.1) is 6.92 Å². The smallest absolute Gasteiger partial charge is 0.262 e. The molecule has 0 saturated heterocycles. The van der Waals surface area contributed by atoms with Crippen LogP contribution in [0.25, 0.3) is 0 Å². The molecule has 140 valence electrons. The zero-order valence-corrected chi connectivity index (χ0v) is 16.8. The lowest BCUT2D eigenvalue weighted by atomic mass is 9.87. The van der Waals surface area contributed by atoms with E-state index in [4.69, 9.17) is 10.5 Å². The molecule has 0 spiro atoms. The molecule has 1 aromatic heterocycles. The number of benzene rings is 1. The molecule has 6 heteroatoms. The first-order valence-corrected chi connectivity index (χ1v) is 9.40. The molecule has 0 aliphatic rings. The van der Waals surface area contributed by atoms with Gasteiger partial charge in [0.25, 0.3) is 11.8 Å². The van der Waals surface area contributed by atoms with E-state index in [-0.39, 0.29) is 17.9 Å². The number of rotatable bonds is 6. The lowest BCUT2D eigenvalue weighted by Gasteiger charge is -2.19. The number of primary amides is 1. The largest absolute Gasteiger partial charge is 0.484 e. The molecule has 0 fully saturated rings. The lowest BCUT2D eigenvalue weighted by Crippen LogP contribution is -2.22. The van der Waals surface area contributed by atoms with Gasteiger partial charge in [-0.25, -0.2) is 0 Å². The third-order valence-electron chi connectivity index (χ3n) is 4.15. The molecule has 3 N–H and O–H groups in total. The summed E-state index contributed by atoms with van der Waals surface area (Å²) in [4.78, 5) is 24.9. The number of aryl methyl sites for hydroxylation is 1. The molecule has 2 amide bonds. The highest BCUT2D eigenvalue weighted by molar-refractivity contribution is 7.16. The van der Waals surface area contributed by atoms with Crippen molar-refractivity contribution in [1.82, 2.24) is 0 Å². The van der Waals surface area contributed by atoms with E-state index < -0.39 is 5.91 Å². The molecule has 5 nitrogen and oxygen atoms in total. The summed E-state index contributed by atoms with van der Waals surface area (Å²) < 4.78 is 5.55. The Morgan fingerprint density at radius 2 is 1.81 bits per heavy atom. The van der Waals surface area contributed by atoms with Gasteiger partial charge in [0.1, 0.15) is 10.8 Å². The average molecular weight is 375 g/mol. The number of amides is 2. The van der Waals surface area contributed by atoms with E-state index in [0.717, 1.165) is 10.4 Å². The maximum atomic E-state index is 12.2. The summed E-state index contributed by atoms with van der Waals surface area (Å²) in [7, 11) is 0. The summed E-state index contributed by atoms with van der Waals surface area (Å²) in [6.45, 7) is 10.2. The fourth-order valence-electron chi connectivity index (χ4n) is 2.72. The van der Waals surface area contributed by atoms with Crippen LogP contribution in [0.3, 0.4) is 0 Å². The Morgan fingerprint density at radius 1 is 1.19 bits per heavy atom. The third-order valence-corrected chi connectivity index (χ3v) is 5.22. The van der Waals surface area contributed by atoms with Crippen LogP contribution in [0.4, 0.5) is 5.00 Å². The number of anilines is 1. The SMILES string of the molecule is CCc1c(C)sc(NC(=O)COc2ccc(C(C)(C)C)cc2)c1C(N)=O. The zero-order valence-electron chi connectivity index (χ0n) is 15.9. The monoisotopic (exact) mass is 374 g/mol. The standard InChI is InChI=1S/C20H26N2O3S/c1-6-15-12(2)26-19(17(15)18(21)24)22-16(23)11-25-14-9-7-13(8-10-14)20(3,4)5/h7-10H,6,11H2,1-5H3,(H2,21,24)(H,22,23).